The van der Waals surface area contributed by atoms with Gasteiger partial charge < -0.3 is 35.3 Å². The number of fused-ring (bicyclic) bond motifs is 1. The molecule has 1 aliphatic carbocycles. The van der Waals surface area contributed by atoms with E-state index in [-0.39, 0.29) is 48.1 Å². The minimum absolute atomic E-state index is 0.00816. The maximum absolute atomic E-state index is 14.4. The van der Waals surface area contributed by atoms with Gasteiger partial charge in [-0.1, -0.05) is 31.4 Å². The molecule has 4 aromatic rings. The maximum Gasteiger partial charge on any atom is 0.336 e. The van der Waals surface area contributed by atoms with Crippen LogP contribution in [0.2, 0.25) is 0 Å². The zero-order valence-electron chi connectivity index (χ0n) is 28.7. The maximum atomic E-state index is 14.4. The number of aromatic carboxylic acids is 1. The van der Waals surface area contributed by atoms with Crippen LogP contribution in [0.15, 0.2) is 66.7 Å². The van der Waals surface area contributed by atoms with E-state index >= 15 is 0 Å². The fourth-order valence-electron chi connectivity index (χ4n) is 6.94. The number of anilines is 1. The topological polar surface area (TPSA) is 191 Å². The van der Waals surface area contributed by atoms with Gasteiger partial charge >= 0.3 is 5.97 Å². The number of carboxylic acid groups (broad SMARTS) is 1. The normalized spacial score (nSPS) is 15.4. The fourth-order valence-corrected chi connectivity index (χ4v) is 6.94. The van der Waals surface area contributed by atoms with Gasteiger partial charge in [0.2, 0.25) is 5.91 Å². The minimum atomic E-state index is -1.23. The van der Waals surface area contributed by atoms with E-state index in [1.165, 1.54) is 17.0 Å². The number of nitrogens with one attached hydrogen (secondary N) is 3. The Hall–Kier alpha value is -5.72. The first-order valence-electron chi connectivity index (χ1n) is 17.4. The highest BCUT2D eigenvalue weighted by Crippen LogP contribution is 2.28. The van der Waals surface area contributed by atoms with Crippen molar-refractivity contribution in [3.05, 3.63) is 89.2 Å². The number of carboxylic acids is 1. The number of piperidine rings is 1. The molecule has 0 spiro atoms. The number of carbonyl (C=O) groups is 3. The molecule has 1 aliphatic heterocycles. The fraction of sp³-hybridized carbons (Fsp3) is 0.368. The molecule has 13 heteroatoms. The molecule has 1 saturated heterocycles. The molecule has 2 fully saturated rings. The van der Waals surface area contributed by atoms with E-state index in [9.17, 15) is 19.5 Å². The SMILES string of the molecule is CC(=N)N1CCC(Oc2ccc(N(Cc3nc4cc(C(=N)N)ccc4n3CC(=O)NC3CCCCC3)C(=O)c3ccccc3C(=O)O)cc2)CC1. The van der Waals surface area contributed by atoms with Gasteiger partial charge in [-0.2, -0.15) is 0 Å². The number of imidazole rings is 1. The number of hydrogen-bond donors (Lipinski definition) is 5. The summed E-state index contributed by atoms with van der Waals surface area (Å²) in [7, 11) is 0. The summed E-state index contributed by atoms with van der Waals surface area (Å²) < 4.78 is 8.03. The summed E-state index contributed by atoms with van der Waals surface area (Å²) >= 11 is 0. The average molecular weight is 693 g/mol. The van der Waals surface area contributed by atoms with Crippen molar-refractivity contribution in [3.8, 4) is 5.75 Å². The first kappa shape index (κ1) is 35.1. The number of nitrogens with two attached hydrogens (primary N) is 1. The van der Waals surface area contributed by atoms with E-state index in [0.29, 0.717) is 39.7 Å². The molecule has 2 amide bonds. The summed E-state index contributed by atoms with van der Waals surface area (Å²) in [6.07, 6.45) is 6.72. The smallest absolute Gasteiger partial charge is 0.336 e. The van der Waals surface area contributed by atoms with Crippen LogP contribution in [0.25, 0.3) is 11.0 Å². The van der Waals surface area contributed by atoms with E-state index in [2.05, 4.69) is 5.32 Å². The summed E-state index contributed by atoms with van der Waals surface area (Å²) in [5, 5.41) is 28.9. The highest BCUT2D eigenvalue weighted by Gasteiger charge is 2.27. The van der Waals surface area contributed by atoms with Crippen LogP contribution in [0.4, 0.5) is 5.69 Å². The Morgan fingerprint density at radius 3 is 2.29 bits per heavy atom. The molecule has 1 saturated carbocycles. The number of carbonyl (C=O) groups excluding carboxylic acids is 2. The van der Waals surface area contributed by atoms with E-state index in [4.69, 9.17) is 26.3 Å². The monoisotopic (exact) mass is 692 g/mol. The molecule has 0 atom stereocenters. The molecular formula is C38H44N8O5. The van der Waals surface area contributed by atoms with E-state index in [1.807, 2.05) is 4.90 Å². The number of amidine groups is 2. The summed E-state index contributed by atoms with van der Waals surface area (Å²) in [4.78, 5) is 48.3. The van der Waals surface area contributed by atoms with Crippen LogP contribution in [0.1, 0.15) is 84.0 Å². The number of aromatic nitrogens is 2. The Balaban J connectivity index is 1.34. The lowest BCUT2D eigenvalue weighted by Crippen LogP contribution is -2.40. The number of nitrogen functional groups attached to an aromatic ring is 1. The highest BCUT2D eigenvalue weighted by molar-refractivity contribution is 6.12. The largest absolute Gasteiger partial charge is 0.490 e. The first-order chi connectivity index (χ1) is 24.6. The standard InChI is InChI=1S/C38H44N8O5/c1-24(39)44-19-17-29(18-20-44)51-28-14-12-27(13-15-28)45(37(48)30-9-5-6-10-31(30)38(49)50)22-34-43-32-21-25(36(40)41)11-16-33(32)46(34)23-35(47)42-26-7-3-2-4-8-26/h5-6,9-16,21,26,29,39H,2-4,7-8,17-20,22-23H2,1H3,(H3,40,41)(H,42,47)(H,49,50). The number of benzene rings is 3. The Morgan fingerprint density at radius 2 is 1.65 bits per heavy atom. The molecule has 3 aromatic carbocycles. The zero-order chi connectivity index (χ0) is 36.1. The highest BCUT2D eigenvalue weighted by atomic mass is 16.5. The van der Waals surface area contributed by atoms with Gasteiger partial charge in [-0.25, -0.2) is 9.78 Å². The van der Waals surface area contributed by atoms with E-state index in [0.717, 1.165) is 58.0 Å². The molecule has 51 heavy (non-hydrogen) atoms. The number of likely N-dealkylation sites (tertiary alicyclic amines) is 1. The van der Waals surface area contributed by atoms with Gasteiger partial charge in [-0.05, 0) is 74.4 Å². The van der Waals surface area contributed by atoms with Gasteiger partial charge in [0.25, 0.3) is 5.91 Å². The van der Waals surface area contributed by atoms with Crippen LogP contribution in [0.3, 0.4) is 0 Å². The van der Waals surface area contributed by atoms with Crippen LogP contribution in [0, 0.1) is 10.8 Å². The van der Waals surface area contributed by atoms with Gasteiger partial charge in [0.15, 0.2) is 0 Å². The number of hydrogen-bond acceptors (Lipinski definition) is 7. The third-order valence-electron chi connectivity index (χ3n) is 9.71. The Morgan fingerprint density at radius 1 is 0.961 bits per heavy atom. The summed E-state index contributed by atoms with van der Waals surface area (Å²) in [5.74, 6) is -0.492. The molecular weight excluding hydrogens is 648 g/mol. The van der Waals surface area contributed by atoms with Crippen LogP contribution < -0.4 is 20.7 Å². The molecule has 6 N–H and O–H groups in total. The predicted molar refractivity (Wildman–Crippen MR) is 195 cm³/mol. The number of ether oxygens (including phenoxy) is 1. The number of amides is 2. The van der Waals surface area contributed by atoms with Crippen LogP contribution in [-0.4, -0.2) is 74.2 Å². The van der Waals surface area contributed by atoms with Crippen LogP contribution in [-0.2, 0) is 17.9 Å². The van der Waals surface area contributed by atoms with Gasteiger partial charge in [-0.3, -0.25) is 20.4 Å². The van der Waals surface area contributed by atoms with Crippen molar-refractivity contribution in [2.24, 2.45) is 5.73 Å². The molecule has 2 heterocycles. The molecule has 0 bridgehead atoms. The van der Waals surface area contributed by atoms with Crippen molar-refractivity contribution in [1.82, 2.24) is 19.8 Å². The van der Waals surface area contributed by atoms with Crippen molar-refractivity contribution in [2.45, 2.75) is 77.1 Å². The third-order valence-corrected chi connectivity index (χ3v) is 9.71. The zero-order valence-corrected chi connectivity index (χ0v) is 28.7. The van der Waals surface area contributed by atoms with Crippen LogP contribution in [0.5, 0.6) is 5.75 Å². The number of rotatable bonds is 11. The summed E-state index contributed by atoms with van der Waals surface area (Å²) in [6, 6.07) is 18.4. The molecule has 6 rings (SSSR count). The molecule has 0 radical (unpaired) electrons. The van der Waals surface area contributed by atoms with E-state index < -0.39 is 11.9 Å². The Labute approximate surface area is 296 Å². The molecule has 1 aromatic heterocycles. The van der Waals surface area contributed by atoms with Crippen molar-refractivity contribution < 1.29 is 24.2 Å². The minimum Gasteiger partial charge on any atom is -0.490 e. The van der Waals surface area contributed by atoms with Gasteiger partial charge in [-0.15, -0.1) is 0 Å². The quantitative estimate of drug-likeness (QED) is 0.105. The van der Waals surface area contributed by atoms with Crippen LogP contribution >= 0.6 is 0 Å². The lowest BCUT2D eigenvalue weighted by atomic mass is 9.95. The lowest BCUT2D eigenvalue weighted by Gasteiger charge is -2.33. The van der Waals surface area contributed by atoms with Gasteiger partial charge in [0.1, 0.15) is 30.1 Å². The summed E-state index contributed by atoms with van der Waals surface area (Å²) in [6.45, 7) is 3.15. The Bertz CT molecular complexity index is 1940. The van der Waals surface area contributed by atoms with Crippen molar-refractivity contribution in [3.63, 3.8) is 0 Å². The predicted octanol–water partition coefficient (Wildman–Crippen LogP) is 5.15. The average Bonchev–Trinajstić information content (AvgIpc) is 3.46. The molecule has 0 unspecified atom stereocenters. The van der Waals surface area contributed by atoms with Crippen molar-refractivity contribution >= 4 is 46.2 Å². The van der Waals surface area contributed by atoms with Crippen molar-refractivity contribution in [2.75, 3.05) is 18.0 Å². The molecule has 266 valence electrons. The van der Waals surface area contributed by atoms with Gasteiger partial charge in [0.05, 0.1) is 34.5 Å². The first-order valence-corrected chi connectivity index (χ1v) is 17.4. The van der Waals surface area contributed by atoms with Gasteiger partial charge in [0, 0.05) is 43.2 Å². The third kappa shape index (κ3) is 8.19. The van der Waals surface area contributed by atoms with E-state index in [1.54, 1.807) is 66.1 Å². The lowest BCUT2D eigenvalue weighted by molar-refractivity contribution is -0.122. The summed E-state index contributed by atoms with van der Waals surface area (Å²) in [5.41, 5.74) is 7.77. The second-order valence-corrected chi connectivity index (χ2v) is 13.3. The molecule has 13 nitrogen and oxygen atoms in total. The second kappa shape index (κ2) is 15.4. The van der Waals surface area contributed by atoms with Crippen molar-refractivity contribution in [1.29, 1.82) is 10.8 Å². The Kier molecular flexibility index (Phi) is 10.6. The molecule has 2 aliphatic rings. The second-order valence-electron chi connectivity index (χ2n) is 13.3. The number of nitrogens with zero attached hydrogens (tertiary/aromatic N) is 4.